The maximum Gasteiger partial charge on any atom is 0.287 e. The third kappa shape index (κ3) is 5.26. The highest BCUT2D eigenvalue weighted by molar-refractivity contribution is 5.91. The third-order valence-electron chi connectivity index (χ3n) is 4.45. The second-order valence-electron chi connectivity index (χ2n) is 6.37. The lowest BCUT2D eigenvalue weighted by molar-refractivity contribution is 0.0917. The molecule has 7 heteroatoms. The molecule has 0 fully saturated rings. The van der Waals surface area contributed by atoms with E-state index >= 15 is 0 Å². The molecule has 30 heavy (non-hydrogen) atoms. The number of methoxy groups -OCH3 is 3. The van der Waals surface area contributed by atoms with Crippen molar-refractivity contribution in [3.63, 3.8) is 0 Å². The number of carbonyl (C=O) groups excluding carboxylic acids is 1. The van der Waals surface area contributed by atoms with Gasteiger partial charge >= 0.3 is 0 Å². The van der Waals surface area contributed by atoms with Crippen LogP contribution >= 0.6 is 0 Å². The fraction of sp³-hybridized carbons (Fsp3) is 0.261. The average Bonchev–Trinajstić information content (AvgIpc) is 3.26. The molecule has 0 atom stereocenters. The lowest BCUT2D eigenvalue weighted by Crippen LogP contribution is -2.27. The molecule has 0 aliphatic heterocycles. The molecule has 7 nitrogen and oxygen atoms in total. The van der Waals surface area contributed by atoms with Crippen molar-refractivity contribution in [3.05, 3.63) is 71.7 Å². The molecule has 2 aromatic carbocycles. The van der Waals surface area contributed by atoms with E-state index in [2.05, 4.69) is 5.32 Å². The molecule has 0 saturated carbocycles. The molecule has 3 aromatic rings. The van der Waals surface area contributed by atoms with Gasteiger partial charge in [0.15, 0.2) is 5.76 Å². The normalized spacial score (nSPS) is 10.4. The number of hydrogen-bond acceptors (Lipinski definition) is 6. The van der Waals surface area contributed by atoms with E-state index in [1.165, 1.54) is 0 Å². The first-order chi connectivity index (χ1) is 14.6. The number of carbonyl (C=O) groups is 1. The minimum Gasteiger partial charge on any atom is -0.496 e. The highest BCUT2D eigenvalue weighted by atomic mass is 16.5. The molecule has 1 amide bonds. The molecule has 3 rings (SSSR count). The first-order valence-electron chi connectivity index (χ1n) is 9.48. The molecule has 0 radical (unpaired) electrons. The molecule has 1 N–H and O–H groups in total. The van der Waals surface area contributed by atoms with Gasteiger partial charge in [-0.05, 0) is 24.3 Å². The van der Waals surface area contributed by atoms with Gasteiger partial charge in [0.05, 0.1) is 27.9 Å². The fourth-order valence-corrected chi connectivity index (χ4v) is 2.96. The van der Waals surface area contributed by atoms with Gasteiger partial charge in [-0.2, -0.15) is 0 Å². The highest BCUT2D eigenvalue weighted by Crippen LogP contribution is 2.35. The van der Waals surface area contributed by atoms with Crippen LogP contribution in [0.4, 0.5) is 0 Å². The summed E-state index contributed by atoms with van der Waals surface area (Å²) in [6.45, 7) is 0.730. The number of para-hydroxylation sites is 1. The van der Waals surface area contributed by atoms with Crippen LogP contribution in [0, 0.1) is 0 Å². The summed E-state index contributed by atoms with van der Waals surface area (Å²) in [6, 6.07) is 16.4. The van der Waals surface area contributed by atoms with Crippen molar-refractivity contribution in [1.29, 1.82) is 0 Å². The van der Waals surface area contributed by atoms with Gasteiger partial charge in [0.1, 0.15) is 35.4 Å². The number of rotatable bonds is 10. The molecule has 0 unspecified atom stereocenters. The number of hydrogen-bond donors (Lipinski definition) is 1. The Morgan fingerprint density at radius 3 is 2.23 bits per heavy atom. The van der Waals surface area contributed by atoms with Crippen LogP contribution in [0.1, 0.15) is 21.9 Å². The molecule has 1 aromatic heterocycles. The highest BCUT2D eigenvalue weighted by Gasteiger charge is 2.17. The minimum absolute atomic E-state index is 0.233. The van der Waals surface area contributed by atoms with Gasteiger partial charge in [0.25, 0.3) is 5.91 Å². The first-order valence-corrected chi connectivity index (χ1v) is 9.48. The Hall–Kier alpha value is -3.61. The van der Waals surface area contributed by atoms with Crippen LogP contribution in [0.3, 0.4) is 0 Å². The van der Waals surface area contributed by atoms with E-state index in [4.69, 9.17) is 23.4 Å². The van der Waals surface area contributed by atoms with Gasteiger partial charge in [0.2, 0.25) is 0 Å². The predicted molar refractivity (Wildman–Crippen MR) is 112 cm³/mol. The van der Waals surface area contributed by atoms with Crippen molar-refractivity contribution in [2.45, 2.75) is 6.42 Å². The molecule has 0 saturated heterocycles. The van der Waals surface area contributed by atoms with E-state index in [0.29, 0.717) is 42.6 Å². The van der Waals surface area contributed by atoms with E-state index in [1.807, 2.05) is 30.3 Å². The SMILES string of the molecule is COc1cc(OC)c(Cc2ccc(C(=O)NCCOc3ccccc3)o2)c(OC)c1. The van der Waals surface area contributed by atoms with Crippen molar-refractivity contribution in [2.75, 3.05) is 34.5 Å². The third-order valence-corrected chi connectivity index (χ3v) is 4.45. The molecular weight excluding hydrogens is 386 g/mol. The van der Waals surface area contributed by atoms with Crippen LogP contribution in [-0.4, -0.2) is 40.4 Å². The fourth-order valence-electron chi connectivity index (χ4n) is 2.96. The van der Waals surface area contributed by atoms with Crippen LogP contribution < -0.4 is 24.3 Å². The van der Waals surface area contributed by atoms with Crippen LogP contribution in [-0.2, 0) is 6.42 Å². The van der Waals surface area contributed by atoms with Crippen LogP contribution in [0.25, 0.3) is 0 Å². The summed E-state index contributed by atoms with van der Waals surface area (Å²) in [5.41, 5.74) is 0.804. The van der Waals surface area contributed by atoms with Gasteiger partial charge < -0.3 is 28.7 Å². The number of nitrogens with one attached hydrogen (secondary N) is 1. The van der Waals surface area contributed by atoms with Gasteiger partial charge in [-0.25, -0.2) is 0 Å². The van der Waals surface area contributed by atoms with Crippen molar-refractivity contribution in [3.8, 4) is 23.0 Å². The number of ether oxygens (including phenoxy) is 4. The maximum absolute atomic E-state index is 12.3. The van der Waals surface area contributed by atoms with Crippen LogP contribution in [0.15, 0.2) is 59.0 Å². The number of amides is 1. The Bertz CT molecular complexity index is 942. The van der Waals surface area contributed by atoms with E-state index in [9.17, 15) is 4.79 Å². The van der Waals surface area contributed by atoms with Crippen LogP contribution in [0.2, 0.25) is 0 Å². The summed E-state index contributed by atoms with van der Waals surface area (Å²) in [5.74, 6) is 3.17. The second-order valence-corrected chi connectivity index (χ2v) is 6.37. The smallest absolute Gasteiger partial charge is 0.287 e. The number of benzene rings is 2. The minimum atomic E-state index is -0.299. The predicted octanol–water partition coefficient (Wildman–Crippen LogP) is 3.71. The van der Waals surface area contributed by atoms with E-state index in [1.54, 1.807) is 45.6 Å². The Labute approximate surface area is 175 Å². The van der Waals surface area contributed by atoms with E-state index in [0.717, 1.165) is 11.3 Å². The molecule has 0 spiro atoms. The summed E-state index contributed by atoms with van der Waals surface area (Å²) in [6.07, 6.45) is 0.404. The molecule has 0 aliphatic carbocycles. The van der Waals surface area contributed by atoms with Crippen LogP contribution in [0.5, 0.6) is 23.0 Å². The van der Waals surface area contributed by atoms with E-state index < -0.39 is 0 Å². The zero-order chi connectivity index (χ0) is 21.3. The largest absolute Gasteiger partial charge is 0.496 e. The molecule has 0 bridgehead atoms. The van der Waals surface area contributed by atoms with Gasteiger partial charge in [-0.15, -0.1) is 0 Å². The number of furan rings is 1. The Morgan fingerprint density at radius 2 is 1.60 bits per heavy atom. The summed E-state index contributed by atoms with van der Waals surface area (Å²) in [7, 11) is 4.74. The van der Waals surface area contributed by atoms with E-state index in [-0.39, 0.29) is 11.7 Å². The average molecular weight is 411 g/mol. The molecule has 0 aliphatic rings. The van der Waals surface area contributed by atoms with Crippen molar-refractivity contribution < 1.29 is 28.2 Å². The molecule has 1 heterocycles. The first kappa shape index (κ1) is 21.1. The Kier molecular flexibility index (Phi) is 7.21. The van der Waals surface area contributed by atoms with Crippen molar-refractivity contribution in [1.82, 2.24) is 5.32 Å². The lowest BCUT2D eigenvalue weighted by atomic mass is 10.1. The standard InChI is InChI=1S/C23H25NO6/c1-26-18-14-21(27-2)19(22(15-18)28-3)13-17-9-10-20(30-17)23(25)24-11-12-29-16-7-5-4-6-8-16/h4-10,14-15H,11-13H2,1-3H3,(H,24,25). The molecular formula is C23H25NO6. The van der Waals surface area contributed by atoms with Gasteiger partial charge in [-0.1, -0.05) is 18.2 Å². The summed E-state index contributed by atoms with van der Waals surface area (Å²) in [4.78, 5) is 12.3. The Morgan fingerprint density at radius 1 is 0.900 bits per heavy atom. The summed E-state index contributed by atoms with van der Waals surface area (Å²) < 4.78 is 27.5. The molecule has 158 valence electrons. The zero-order valence-corrected chi connectivity index (χ0v) is 17.3. The monoisotopic (exact) mass is 411 g/mol. The summed E-state index contributed by atoms with van der Waals surface area (Å²) in [5, 5.41) is 2.78. The summed E-state index contributed by atoms with van der Waals surface area (Å²) >= 11 is 0. The topological polar surface area (TPSA) is 79.2 Å². The van der Waals surface area contributed by atoms with Crippen molar-refractivity contribution >= 4 is 5.91 Å². The van der Waals surface area contributed by atoms with Gasteiger partial charge in [0, 0.05) is 24.1 Å². The Balaban J connectivity index is 1.60. The quantitative estimate of drug-likeness (QED) is 0.513. The second kappa shape index (κ2) is 10.2. The van der Waals surface area contributed by atoms with Gasteiger partial charge in [-0.3, -0.25) is 4.79 Å². The lowest BCUT2D eigenvalue weighted by Gasteiger charge is -2.14. The van der Waals surface area contributed by atoms with Crippen molar-refractivity contribution in [2.24, 2.45) is 0 Å². The zero-order valence-electron chi connectivity index (χ0n) is 17.3. The maximum atomic E-state index is 12.3.